The number of carbonyl (C=O) groups is 2. The molecule has 2 rings (SSSR count). The second-order valence-electron chi connectivity index (χ2n) is 6.24. The van der Waals surface area contributed by atoms with Crippen LogP contribution in [-0.4, -0.2) is 35.6 Å². The van der Waals surface area contributed by atoms with Crippen molar-refractivity contribution in [2.45, 2.75) is 38.6 Å². The van der Waals surface area contributed by atoms with Gasteiger partial charge < -0.3 is 15.5 Å². The van der Waals surface area contributed by atoms with Crippen molar-refractivity contribution in [3.63, 3.8) is 0 Å². The van der Waals surface area contributed by atoms with E-state index in [0.717, 1.165) is 25.5 Å². The number of carbonyl (C=O) groups excluding carboxylic acids is 2. The maximum absolute atomic E-state index is 11.8. The largest absolute Gasteiger partial charge is 0.386 e. The quantitative estimate of drug-likeness (QED) is 0.437. The van der Waals surface area contributed by atoms with E-state index in [9.17, 15) is 19.7 Å². The predicted molar refractivity (Wildman–Crippen MR) is 95.7 cm³/mol. The van der Waals surface area contributed by atoms with Crippen LogP contribution >= 0.6 is 0 Å². The Morgan fingerprint density at radius 2 is 2.15 bits per heavy atom. The highest BCUT2D eigenvalue weighted by Crippen LogP contribution is 2.23. The maximum Gasteiger partial charge on any atom is 0.271 e. The summed E-state index contributed by atoms with van der Waals surface area (Å²) in [5, 5.41) is 19.5. The average Bonchev–Trinajstić information content (AvgIpc) is 2.61. The first-order chi connectivity index (χ1) is 12.5. The van der Waals surface area contributed by atoms with Crippen molar-refractivity contribution in [2.24, 2.45) is 11.1 Å². The van der Waals surface area contributed by atoms with E-state index in [1.165, 1.54) is 30.7 Å². The normalized spacial score (nSPS) is 19.7. The highest BCUT2D eigenvalue weighted by atomic mass is 16.6. The zero-order chi connectivity index (χ0) is 18.9. The predicted octanol–water partition coefficient (Wildman–Crippen LogP) is 2.23. The molecule has 1 fully saturated rings. The van der Waals surface area contributed by atoms with Gasteiger partial charge in [0.25, 0.3) is 17.5 Å². The van der Waals surface area contributed by atoms with E-state index in [4.69, 9.17) is 4.84 Å². The lowest BCUT2D eigenvalue weighted by molar-refractivity contribution is -0.384. The van der Waals surface area contributed by atoms with Crippen molar-refractivity contribution in [2.75, 3.05) is 11.9 Å². The fourth-order valence-corrected chi connectivity index (χ4v) is 2.83. The number of hydrogen-bond acceptors (Lipinski definition) is 6. The van der Waals surface area contributed by atoms with Crippen LogP contribution in [0.4, 0.5) is 11.4 Å². The molecule has 9 heteroatoms. The molecule has 1 saturated carbocycles. The van der Waals surface area contributed by atoms with E-state index in [0.29, 0.717) is 5.92 Å². The Hall–Kier alpha value is -2.97. The number of oxime groups is 1. The van der Waals surface area contributed by atoms with E-state index in [1.54, 1.807) is 0 Å². The minimum Gasteiger partial charge on any atom is -0.386 e. The molecular formula is C17H22N4O5. The number of rotatable bonds is 7. The number of non-ortho nitro benzene ring substituents is 1. The number of nitro benzene ring substituents is 1. The summed E-state index contributed by atoms with van der Waals surface area (Å²) in [6, 6.07) is 5.67. The Balaban J connectivity index is 1.72. The van der Waals surface area contributed by atoms with E-state index >= 15 is 0 Å². The van der Waals surface area contributed by atoms with Crippen LogP contribution in [-0.2, 0) is 14.4 Å². The minimum atomic E-state index is -0.619. The van der Waals surface area contributed by atoms with Gasteiger partial charge in [-0.2, -0.15) is 0 Å². The van der Waals surface area contributed by atoms with Gasteiger partial charge in [-0.1, -0.05) is 31.0 Å². The van der Waals surface area contributed by atoms with Gasteiger partial charge in [0.05, 0.1) is 4.92 Å². The summed E-state index contributed by atoms with van der Waals surface area (Å²) in [7, 11) is 0. The summed E-state index contributed by atoms with van der Waals surface area (Å²) in [5.41, 5.74) is 0.129. The summed E-state index contributed by atoms with van der Waals surface area (Å²) in [5.74, 6) is -0.455. The first-order valence-electron chi connectivity index (χ1n) is 8.46. The van der Waals surface area contributed by atoms with Gasteiger partial charge in [-0.15, -0.1) is 0 Å². The molecule has 0 spiro atoms. The van der Waals surface area contributed by atoms with Gasteiger partial charge in [0, 0.05) is 23.9 Å². The molecule has 0 aromatic heterocycles. The zero-order valence-corrected chi connectivity index (χ0v) is 14.5. The number of anilines is 1. The number of nitrogens with one attached hydrogen (secondary N) is 2. The second kappa shape index (κ2) is 9.50. The van der Waals surface area contributed by atoms with Crippen LogP contribution in [0.3, 0.4) is 0 Å². The Morgan fingerprint density at radius 3 is 2.88 bits per heavy atom. The molecule has 2 amide bonds. The summed E-state index contributed by atoms with van der Waals surface area (Å²) < 4.78 is 0. The Labute approximate surface area is 150 Å². The third-order valence-corrected chi connectivity index (χ3v) is 4.22. The van der Waals surface area contributed by atoms with Crippen molar-refractivity contribution in [1.29, 1.82) is 0 Å². The maximum atomic E-state index is 11.8. The standard InChI is InChI=1S/C17H22N4O5/c1-12-5-2-3-8-15(12)20-17(23)11-26-18-10-16(22)19-13-6-4-7-14(9-13)21(24)25/h4,6-7,9-10,12,15H,2-3,5,8,11H2,1H3,(H,19,22)(H,20,23)/b18-10-/t12-,15-/m1/s1. The molecule has 0 bridgehead atoms. The molecule has 0 unspecified atom stereocenters. The number of nitro groups is 1. The molecule has 1 aliphatic carbocycles. The van der Waals surface area contributed by atoms with Crippen molar-refractivity contribution >= 4 is 29.4 Å². The van der Waals surface area contributed by atoms with Crippen LogP contribution in [0.1, 0.15) is 32.6 Å². The highest BCUT2D eigenvalue weighted by molar-refractivity contribution is 6.31. The van der Waals surface area contributed by atoms with Crippen LogP contribution in [0.5, 0.6) is 0 Å². The lowest BCUT2D eigenvalue weighted by atomic mass is 9.86. The van der Waals surface area contributed by atoms with Crippen LogP contribution in [0.15, 0.2) is 29.4 Å². The summed E-state index contributed by atoms with van der Waals surface area (Å²) >= 11 is 0. The molecule has 26 heavy (non-hydrogen) atoms. The summed E-state index contributed by atoms with van der Waals surface area (Å²) in [6.45, 7) is 1.84. The fourth-order valence-electron chi connectivity index (χ4n) is 2.83. The van der Waals surface area contributed by atoms with Crippen LogP contribution in [0.2, 0.25) is 0 Å². The second-order valence-corrected chi connectivity index (χ2v) is 6.24. The highest BCUT2D eigenvalue weighted by Gasteiger charge is 2.22. The fraction of sp³-hybridized carbons (Fsp3) is 0.471. The zero-order valence-electron chi connectivity index (χ0n) is 14.5. The van der Waals surface area contributed by atoms with Crippen molar-refractivity contribution in [1.82, 2.24) is 5.32 Å². The summed E-state index contributed by atoms with van der Waals surface area (Å²) in [4.78, 5) is 38.5. The first kappa shape index (κ1) is 19.4. The van der Waals surface area contributed by atoms with Gasteiger partial charge in [0.2, 0.25) is 0 Å². The van der Waals surface area contributed by atoms with E-state index < -0.39 is 10.8 Å². The Kier molecular flexibility index (Phi) is 7.07. The van der Waals surface area contributed by atoms with Gasteiger partial charge in [0.15, 0.2) is 6.61 Å². The third kappa shape index (κ3) is 6.15. The van der Waals surface area contributed by atoms with Crippen molar-refractivity contribution in [3.05, 3.63) is 34.4 Å². The molecule has 1 aliphatic rings. The molecule has 0 heterocycles. The first-order valence-corrected chi connectivity index (χ1v) is 8.46. The van der Waals surface area contributed by atoms with Crippen molar-refractivity contribution in [3.8, 4) is 0 Å². The van der Waals surface area contributed by atoms with E-state index in [-0.39, 0.29) is 29.9 Å². The minimum absolute atomic E-state index is 0.135. The Morgan fingerprint density at radius 1 is 1.38 bits per heavy atom. The van der Waals surface area contributed by atoms with Crippen LogP contribution in [0.25, 0.3) is 0 Å². The third-order valence-electron chi connectivity index (χ3n) is 4.22. The van der Waals surface area contributed by atoms with Gasteiger partial charge >= 0.3 is 0 Å². The van der Waals surface area contributed by atoms with Crippen LogP contribution in [0, 0.1) is 16.0 Å². The Bertz CT molecular complexity index is 691. The number of hydrogen-bond donors (Lipinski definition) is 2. The van der Waals surface area contributed by atoms with Crippen molar-refractivity contribution < 1.29 is 19.3 Å². The molecule has 2 N–H and O–H groups in total. The van der Waals surface area contributed by atoms with Gasteiger partial charge in [0.1, 0.15) is 6.21 Å². The van der Waals surface area contributed by atoms with Gasteiger partial charge in [-0.25, -0.2) is 0 Å². The number of benzene rings is 1. The molecule has 1 aromatic carbocycles. The molecule has 0 saturated heterocycles. The smallest absolute Gasteiger partial charge is 0.271 e. The molecule has 140 valence electrons. The lowest BCUT2D eigenvalue weighted by Gasteiger charge is -2.29. The molecular weight excluding hydrogens is 340 g/mol. The van der Waals surface area contributed by atoms with Crippen LogP contribution < -0.4 is 10.6 Å². The van der Waals surface area contributed by atoms with E-state index in [1.807, 2.05) is 0 Å². The average molecular weight is 362 g/mol. The molecule has 2 atom stereocenters. The van der Waals surface area contributed by atoms with Gasteiger partial charge in [-0.05, 0) is 24.8 Å². The summed E-state index contributed by atoms with van der Waals surface area (Å²) in [6.07, 6.45) is 5.22. The molecule has 0 aliphatic heterocycles. The molecule has 0 radical (unpaired) electrons. The molecule has 1 aromatic rings. The number of amides is 2. The van der Waals surface area contributed by atoms with E-state index in [2.05, 4.69) is 22.7 Å². The topological polar surface area (TPSA) is 123 Å². The van der Waals surface area contributed by atoms with Gasteiger partial charge in [-0.3, -0.25) is 19.7 Å². The molecule has 9 nitrogen and oxygen atoms in total. The SMILES string of the molecule is C[C@@H]1CCCC[C@H]1NC(=O)CO/N=C\C(=O)Nc1cccc([N+](=O)[O-])c1. The lowest BCUT2D eigenvalue weighted by Crippen LogP contribution is -2.42. The number of nitrogens with zero attached hydrogens (tertiary/aromatic N) is 2. The monoisotopic (exact) mass is 362 g/mol.